The molecule has 1 heterocycles. The highest BCUT2D eigenvalue weighted by molar-refractivity contribution is 6.30. The normalized spacial score (nSPS) is 18.8. The summed E-state index contributed by atoms with van der Waals surface area (Å²) in [5.74, 6) is 0.0231. The molecule has 0 bridgehead atoms. The minimum atomic E-state index is -0.335. The van der Waals surface area contributed by atoms with E-state index < -0.39 is 0 Å². The zero-order valence-electron chi connectivity index (χ0n) is 11.1. The Labute approximate surface area is 117 Å². The van der Waals surface area contributed by atoms with Gasteiger partial charge >= 0.3 is 0 Å². The van der Waals surface area contributed by atoms with E-state index in [4.69, 9.17) is 11.6 Å². The molecular formula is C14H17ClN2O2. The number of benzene rings is 1. The Morgan fingerprint density at radius 2 is 2.00 bits per heavy atom. The maximum atomic E-state index is 12.1. The van der Waals surface area contributed by atoms with Crippen molar-refractivity contribution < 1.29 is 9.59 Å². The molecule has 0 aromatic heterocycles. The van der Waals surface area contributed by atoms with E-state index in [1.54, 1.807) is 31.1 Å². The topological polar surface area (TPSA) is 40.6 Å². The molecule has 4 nitrogen and oxygen atoms in total. The third kappa shape index (κ3) is 3.07. The second-order valence-corrected chi connectivity index (χ2v) is 5.37. The fraction of sp³-hybridized carbons (Fsp3) is 0.429. The first-order chi connectivity index (χ1) is 8.99. The van der Waals surface area contributed by atoms with Crippen LogP contribution in [0.25, 0.3) is 0 Å². The van der Waals surface area contributed by atoms with Crippen molar-refractivity contribution in [2.75, 3.05) is 14.1 Å². The van der Waals surface area contributed by atoms with Crippen LogP contribution < -0.4 is 0 Å². The van der Waals surface area contributed by atoms with Crippen molar-refractivity contribution in [2.24, 2.45) is 0 Å². The van der Waals surface area contributed by atoms with E-state index >= 15 is 0 Å². The van der Waals surface area contributed by atoms with Gasteiger partial charge in [-0.25, -0.2) is 0 Å². The molecule has 1 fully saturated rings. The highest BCUT2D eigenvalue weighted by atomic mass is 35.5. The average Bonchev–Trinajstić information content (AvgIpc) is 2.73. The lowest BCUT2D eigenvalue weighted by Gasteiger charge is -2.26. The number of halogens is 1. The van der Waals surface area contributed by atoms with Crippen molar-refractivity contribution in [3.05, 3.63) is 34.9 Å². The van der Waals surface area contributed by atoms with E-state index in [9.17, 15) is 9.59 Å². The summed E-state index contributed by atoms with van der Waals surface area (Å²) < 4.78 is 0. The molecule has 102 valence electrons. The molecule has 1 saturated heterocycles. The highest BCUT2D eigenvalue weighted by Gasteiger charge is 2.36. The van der Waals surface area contributed by atoms with Gasteiger partial charge in [0, 0.05) is 32.1 Å². The third-order valence-corrected chi connectivity index (χ3v) is 3.57. The Balaban J connectivity index is 2.14. The van der Waals surface area contributed by atoms with Crippen LogP contribution in [-0.4, -0.2) is 41.8 Å². The summed E-state index contributed by atoms with van der Waals surface area (Å²) >= 11 is 5.84. The van der Waals surface area contributed by atoms with E-state index in [-0.39, 0.29) is 17.9 Å². The lowest BCUT2D eigenvalue weighted by molar-refractivity contribution is -0.140. The molecule has 1 aromatic rings. The minimum Gasteiger partial charge on any atom is -0.347 e. The number of likely N-dealkylation sites (N-methyl/N-ethyl adjacent to an activating group) is 1. The van der Waals surface area contributed by atoms with Crippen LogP contribution in [0.1, 0.15) is 18.4 Å². The number of carbonyl (C=O) groups excluding carboxylic acids is 2. The molecule has 5 heteroatoms. The molecular weight excluding hydrogens is 264 g/mol. The maximum Gasteiger partial charge on any atom is 0.244 e. The molecule has 2 rings (SSSR count). The molecule has 1 aliphatic rings. The molecule has 0 unspecified atom stereocenters. The quantitative estimate of drug-likeness (QED) is 0.849. The fourth-order valence-corrected chi connectivity index (χ4v) is 2.40. The average molecular weight is 281 g/mol. The number of nitrogens with zero attached hydrogens (tertiary/aromatic N) is 2. The van der Waals surface area contributed by atoms with Crippen LogP contribution in [0.15, 0.2) is 24.3 Å². The highest BCUT2D eigenvalue weighted by Crippen LogP contribution is 2.23. The van der Waals surface area contributed by atoms with Crippen molar-refractivity contribution in [2.45, 2.75) is 25.4 Å². The van der Waals surface area contributed by atoms with Gasteiger partial charge in [-0.15, -0.1) is 0 Å². The standard InChI is InChI=1S/C14H17ClN2O2/c1-16(2)14(19)12-7-8-13(18)17(12)9-10-3-5-11(15)6-4-10/h3-6,12H,7-9H2,1-2H3/t12-/m1/s1. The number of carbonyl (C=O) groups is 2. The molecule has 1 atom stereocenters. The number of rotatable bonds is 3. The maximum absolute atomic E-state index is 12.1. The predicted molar refractivity (Wildman–Crippen MR) is 73.7 cm³/mol. The lowest BCUT2D eigenvalue weighted by Crippen LogP contribution is -2.43. The molecule has 19 heavy (non-hydrogen) atoms. The van der Waals surface area contributed by atoms with Crippen LogP contribution in [-0.2, 0) is 16.1 Å². The van der Waals surface area contributed by atoms with E-state index in [0.717, 1.165) is 5.56 Å². The SMILES string of the molecule is CN(C)C(=O)[C@H]1CCC(=O)N1Cc1ccc(Cl)cc1. The van der Waals surface area contributed by atoms with E-state index in [2.05, 4.69) is 0 Å². The molecule has 2 amide bonds. The number of likely N-dealkylation sites (tertiary alicyclic amines) is 1. The monoisotopic (exact) mass is 280 g/mol. The van der Waals surface area contributed by atoms with Crippen LogP contribution in [0.3, 0.4) is 0 Å². The van der Waals surface area contributed by atoms with Gasteiger partial charge in [0.05, 0.1) is 0 Å². The summed E-state index contributed by atoms with van der Waals surface area (Å²) in [6.45, 7) is 0.459. The molecule has 0 aliphatic carbocycles. The third-order valence-electron chi connectivity index (χ3n) is 3.32. The van der Waals surface area contributed by atoms with Gasteiger partial charge in [-0.05, 0) is 24.1 Å². The molecule has 0 radical (unpaired) electrons. The Morgan fingerprint density at radius 1 is 1.37 bits per heavy atom. The van der Waals surface area contributed by atoms with Gasteiger partial charge in [-0.1, -0.05) is 23.7 Å². The number of hydrogen-bond acceptors (Lipinski definition) is 2. The van der Waals surface area contributed by atoms with Crippen molar-refractivity contribution in [1.29, 1.82) is 0 Å². The van der Waals surface area contributed by atoms with Crippen molar-refractivity contribution in [1.82, 2.24) is 9.80 Å². The van der Waals surface area contributed by atoms with Gasteiger partial charge in [-0.2, -0.15) is 0 Å². The molecule has 0 saturated carbocycles. The van der Waals surface area contributed by atoms with Crippen molar-refractivity contribution >= 4 is 23.4 Å². The van der Waals surface area contributed by atoms with Crippen LogP contribution >= 0.6 is 11.6 Å². The van der Waals surface area contributed by atoms with Gasteiger partial charge in [0.2, 0.25) is 11.8 Å². The smallest absolute Gasteiger partial charge is 0.244 e. The van der Waals surface area contributed by atoms with Gasteiger partial charge in [0.25, 0.3) is 0 Å². The molecule has 1 aliphatic heterocycles. The lowest BCUT2D eigenvalue weighted by atomic mass is 10.1. The number of hydrogen-bond donors (Lipinski definition) is 0. The van der Waals surface area contributed by atoms with E-state index in [1.165, 1.54) is 4.90 Å². The van der Waals surface area contributed by atoms with Crippen LogP contribution in [0.5, 0.6) is 0 Å². The van der Waals surface area contributed by atoms with Crippen molar-refractivity contribution in [3.8, 4) is 0 Å². The Bertz CT molecular complexity index is 485. The largest absolute Gasteiger partial charge is 0.347 e. The molecule has 0 spiro atoms. The summed E-state index contributed by atoms with van der Waals surface area (Å²) in [4.78, 5) is 27.2. The minimum absolute atomic E-state index is 0.0141. The van der Waals surface area contributed by atoms with Crippen LogP contribution in [0.2, 0.25) is 5.02 Å². The second-order valence-electron chi connectivity index (χ2n) is 4.94. The first-order valence-electron chi connectivity index (χ1n) is 6.24. The first-order valence-corrected chi connectivity index (χ1v) is 6.62. The summed E-state index contributed by atoms with van der Waals surface area (Å²) in [6, 6.07) is 7.01. The molecule has 0 N–H and O–H groups in total. The fourth-order valence-electron chi connectivity index (χ4n) is 2.27. The Kier molecular flexibility index (Phi) is 4.10. The summed E-state index contributed by atoms with van der Waals surface area (Å²) in [6.07, 6.45) is 1.04. The summed E-state index contributed by atoms with van der Waals surface area (Å²) in [5.41, 5.74) is 0.983. The number of amides is 2. The van der Waals surface area contributed by atoms with E-state index in [1.807, 2.05) is 12.1 Å². The van der Waals surface area contributed by atoms with E-state index in [0.29, 0.717) is 24.4 Å². The summed E-state index contributed by atoms with van der Waals surface area (Å²) in [5, 5.41) is 0.664. The van der Waals surface area contributed by atoms with Gasteiger partial charge in [0.15, 0.2) is 0 Å². The zero-order chi connectivity index (χ0) is 14.0. The van der Waals surface area contributed by atoms with Crippen LogP contribution in [0.4, 0.5) is 0 Å². The molecule has 1 aromatic carbocycles. The second kappa shape index (κ2) is 5.61. The Morgan fingerprint density at radius 3 is 2.58 bits per heavy atom. The van der Waals surface area contributed by atoms with Crippen LogP contribution in [0, 0.1) is 0 Å². The van der Waals surface area contributed by atoms with Crippen molar-refractivity contribution in [3.63, 3.8) is 0 Å². The summed E-state index contributed by atoms with van der Waals surface area (Å²) in [7, 11) is 3.43. The predicted octanol–water partition coefficient (Wildman–Crippen LogP) is 1.92. The Hall–Kier alpha value is -1.55. The zero-order valence-corrected chi connectivity index (χ0v) is 11.9. The first kappa shape index (κ1) is 13.9. The van der Waals surface area contributed by atoms with Gasteiger partial charge in [-0.3, -0.25) is 9.59 Å². The van der Waals surface area contributed by atoms with Gasteiger partial charge < -0.3 is 9.80 Å². The van der Waals surface area contributed by atoms with Gasteiger partial charge in [0.1, 0.15) is 6.04 Å².